The van der Waals surface area contributed by atoms with Gasteiger partial charge in [-0.05, 0) is 19.4 Å². The van der Waals surface area contributed by atoms with Crippen molar-refractivity contribution in [1.82, 2.24) is 5.32 Å². The summed E-state index contributed by atoms with van der Waals surface area (Å²) < 4.78 is 38.9. The fraction of sp³-hybridized carbons (Fsp3) is 0.444. The Morgan fingerprint density at radius 1 is 1.33 bits per heavy atom. The molecule has 9 heteroatoms. The second-order valence-corrected chi connectivity index (χ2v) is 8.72. The molecule has 1 amide bonds. The van der Waals surface area contributed by atoms with Crippen LogP contribution in [0.15, 0.2) is 28.7 Å². The normalized spacial score (nSPS) is 19.7. The molecule has 1 aromatic carbocycles. The Morgan fingerprint density at radius 2 is 2.07 bits per heavy atom. The van der Waals surface area contributed by atoms with E-state index < -0.39 is 33.9 Å². The maximum Gasteiger partial charge on any atom is 0.375 e. The zero-order chi connectivity index (χ0) is 19.6. The molecule has 1 fully saturated rings. The van der Waals surface area contributed by atoms with Gasteiger partial charge in [-0.2, -0.15) is 0 Å². The van der Waals surface area contributed by atoms with Gasteiger partial charge >= 0.3 is 5.97 Å². The third kappa shape index (κ3) is 4.30. The first kappa shape index (κ1) is 19.4. The van der Waals surface area contributed by atoms with Gasteiger partial charge in [-0.25, -0.2) is 13.2 Å². The van der Waals surface area contributed by atoms with E-state index in [1.807, 2.05) is 6.07 Å². The van der Waals surface area contributed by atoms with Crippen LogP contribution in [-0.2, 0) is 30.7 Å². The summed E-state index contributed by atoms with van der Waals surface area (Å²) in [6, 6.07) is 6.67. The number of methoxy groups -OCH3 is 1. The number of hydrogen-bond acceptors (Lipinski definition) is 7. The van der Waals surface area contributed by atoms with E-state index in [9.17, 15) is 18.0 Å². The maximum absolute atomic E-state index is 12.5. The molecule has 0 spiro atoms. The monoisotopic (exact) mass is 395 g/mol. The Kier molecular flexibility index (Phi) is 5.52. The first-order chi connectivity index (χ1) is 12.8. The molecule has 2 atom stereocenters. The van der Waals surface area contributed by atoms with Crippen molar-refractivity contribution in [3.63, 3.8) is 0 Å². The molecule has 1 saturated heterocycles. The number of nitrogens with one attached hydrogen (secondary N) is 1. The van der Waals surface area contributed by atoms with Crippen LogP contribution >= 0.6 is 0 Å². The van der Waals surface area contributed by atoms with E-state index in [1.54, 1.807) is 18.2 Å². The molecule has 0 bridgehead atoms. The molecular weight excluding hydrogens is 374 g/mol. The summed E-state index contributed by atoms with van der Waals surface area (Å²) in [4.78, 5) is 24.7. The number of carbonyl (C=O) groups is 2. The van der Waals surface area contributed by atoms with Crippen molar-refractivity contribution in [2.75, 3.05) is 18.6 Å². The fourth-order valence-corrected chi connectivity index (χ4v) is 4.72. The van der Waals surface area contributed by atoms with Crippen LogP contribution in [0, 0.1) is 0 Å². The molecule has 1 aromatic heterocycles. The Morgan fingerprint density at radius 3 is 2.74 bits per heavy atom. The molecule has 0 aliphatic carbocycles. The van der Waals surface area contributed by atoms with Crippen molar-refractivity contribution in [2.45, 2.75) is 32.1 Å². The van der Waals surface area contributed by atoms with E-state index in [2.05, 4.69) is 5.32 Å². The lowest BCUT2D eigenvalue weighted by molar-refractivity contribution is -0.129. The Labute approximate surface area is 156 Å². The average Bonchev–Trinajstić information content (AvgIpc) is 3.15. The molecule has 146 valence electrons. The number of furan rings is 1. The summed E-state index contributed by atoms with van der Waals surface area (Å²) in [6.07, 6.45) is -0.736. The first-order valence-corrected chi connectivity index (χ1v) is 10.3. The van der Waals surface area contributed by atoms with Crippen molar-refractivity contribution < 1.29 is 31.9 Å². The van der Waals surface area contributed by atoms with Crippen molar-refractivity contribution in [1.29, 1.82) is 0 Å². The van der Waals surface area contributed by atoms with Crippen LogP contribution in [0.25, 0.3) is 11.0 Å². The van der Waals surface area contributed by atoms with Gasteiger partial charge in [0.1, 0.15) is 5.58 Å². The minimum Gasteiger partial charge on any atom is -0.449 e. The molecule has 2 heterocycles. The van der Waals surface area contributed by atoms with Gasteiger partial charge in [0.2, 0.25) is 5.76 Å². The Hall–Kier alpha value is -2.39. The fourth-order valence-electron chi connectivity index (χ4n) is 3.05. The molecule has 27 heavy (non-hydrogen) atoms. The van der Waals surface area contributed by atoms with Gasteiger partial charge in [-0.3, -0.25) is 4.79 Å². The summed E-state index contributed by atoms with van der Waals surface area (Å²) in [7, 11) is -1.61. The second kappa shape index (κ2) is 7.69. The topological polar surface area (TPSA) is 112 Å². The molecule has 2 aromatic rings. The van der Waals surface area contributed by atoms with Gasteiger partial charge in [0.05, 0.1) is 18.1 Å². The highest BCUT2D eigenvalue weighted by molar-refractivity contribution is 7.91. The highest BCUT2D eigenvalue weighted by Gasteiger charge is 2.31. The molecule has 3 rings (SSSR count). The quantitative estimate of drug-likeness (QED) is 0.736. The predicted molar refractivity (Wildman–Crippen MR) is 97.0 cm³/mol. The van der Waals surface area contributed by atoms with Crippen LogP contribution in [-0.4, -0.2) is 51.1 Å². The van der Waals surface area contributed by atoms with Gasteiger partial charge in [0.15, 0.2) is 15.9 Å². The molecule has 1 N–H and O–H groups in total. The second-order valence-electron chi connectivity index (χ2n) is 6.49. The maximum atomic E-state index is 12.5. The van der Waals surface area contributed by atoms with Crippen LogP contribution in [0.1, 0.15) is 29.5 Å². The number of amides is 1. The minimum absolute atomic E-state index is 0.0128. The largest absolute Gasteiger partial charge is 0.449 e. The van der Waals surface area contributed by atoms with Crippen LogP contribution in [0.4, 0.5) is 0 Å². The molecule has 0 radical (unpaired) electrons. The summed E-state index contributed by atoms with van der Waals surface area (Å²) in [6.45, 7) is 1.58. The molecule has 0 unspecified atom stereocenters. The highest BCUT2D eigenvalue weighted by Crippen LogP contribution is 2.27. The number of rotatable bonds is 6. The molecule has 8 nitrogen and oxygen atoms in total. The van der Waals surface area contributed by atoms with Crippen LogP contribution in [0.3, 0.4) is 0 Å². The van der Waals surface area contributed by atoms with Gasteiger partial charge < -0.3 is 19.2 Å². The van der Waals surface area contributed by atoms with E-state index in [1.165, 1.54) is 14.0 Å². The van der Waals surface area contributed by atoms with Crippen molar-refractivity contribution in [2.24, 2.45) is 0 Å². The number of esters is 1. The number of ether oxygens (including phenoxy) is 2. The standard InChI is InChI=1S/C18H21NO7S/c1-11(17(20)19-12-7-8-27(22,23)10-12)25-18(21)16-14(9-24-2)13-5-3-4-6-15(13)26-16/h3-6,11-12H,7-10H2,1-2H3,(H,19,20)/t11-,12+/m0/s1. The zero-order valence-corrected chi connectivity index (χ0v) is 15.9. The third-order valence-electron chi connectivity index (χ3n) is 4.40. The van der Waals surface area contributed by atoms with Crippen LogP contribution in [0.5, 0.6) is 0 Å². The number of para-hydroxylation sites is 1. The summed E-state index contributed by atoms with van der Waals surface area (Å²) in [5.74, 6) is -1.39. The summed E-state index contributed by atoms with van der Waals surface area (Å²) >= 11 is 0. The van der Waals surface area contributed by atoms with Gasteiger partial charge in [-0.15, -0.1) is 0 Å². The first-order valence-electron chi connectivity index (χ1n) is 8.52. The lowest BCUT2D eigenvalue weighted by atomic mass is 10.1. The van der Waals surface area contributed by atoms with E-state index in [0.29, 0.717) is 17.6 Å². The Balaban J connectivity index is 1.70. The number of sulfone groups is 1. The van der Waals surface area contributed by atoms with Gasteiger partial charge in [-0.1, -0.05) is 18.2 Å². The highest BCUT2D eigenvalue weighted by atomic mass is 32.2. The van der Waals surface area contributed by atoms with E-state index in [0.717, 1.165) is 5.39 Å². The minimum atomic E-state index is -3.11. The number of fused-ring (bicyclic) bond motifs is 1. The van der Waals surface area contributed by atoms with Gasteiger partial charge in [0.25, 0.3) is 5.91 Å². The smallest absolute Gasteiger partial charge is 0.375 e. The van der Waals surface area contributed by atoms with Crippen LogP contribution in [0.2, 0.25) is 0 Å². The number of benzene rings is 1. The summed E-state index contributed by atoms with van der Waals surface area (Å²) in [5.41, 5.74) is 1.07. The van der Waals surface area contributed by atoms with Crippen molar-refractivity contribution in [3.8, 4) is 0 Å². The van der Waals surface area contributed by atoms with E-state index in [-0.39, 0.29) is 23.9 Å². The third-order valence-corrected chi connectivity index (χ3v) is 6.17. The summed E-state index contributed by atoms with van der Waals surface area (Å²) in [5, 5.41) is 3.34. The molecule has 0 saturated carbocycles. The van der Waals surface area contributed by atoms with Gasteiger partial charge in [0, 0.05) is 24.1 Å². The van der Waals surface area contributed by atoms with Crippen molar-refractivity contribution in [3.05, 3.63) is 35.6 Å². The zero-order valence-electron chi connectivity index (χ0n) is 15.1. The van der Waals surface area contributed by atoms with E-state index in [4.69, 9.17) is 13.9 Å². The lowest BCUT2D eigenvalue weighted by Gasteiger charge is -2.16. The Bertz CT molecular complexity index is 963. The molecule has 1 aliphatic rings. The predicted octanol–water partition coefficient (Wildman–Crippen LogP) is 1.43. The number of hydrogen-bond donors (Lipinski definition) is 1. The molecule has 1 aliphatic heterocycles. The van der Waals surface area contributed by atoms with Crippen molar-refractivity contribution >= 4 is 32.7 Å². The van der Waals surface area contributed by atoms with E-state index >= 15 is 0 Å². The molecular formula is C18H21NO7S. The van der Waals surface area contributed by atoms with Crippen LogP contribution < -0.4 is 5.32 Å². The number of carbonyl (C=O) groups excluding carboxylic acids is 2. The average molecular weight is 395 g/mol. The SMILES string of the molecule is COCc1c(C(=O)O[C@@H](C)C(=O)N[C@@H]2CCS(=O)(=O)C2)oc2ccccc12. The lowest BCUT2D eigenvalue weighted by Crippen LogP contribution is -2.42.